The van der Waals surface area contributed by atoms with Crippen molar-refractivity contribution < 1.29 is 0 Å². The summed E-state index contributed by atoms with van der Waals surface area (Å²) in [7, 11) is 1.99. The van der Waals surface area contributed by atoms with Crippen LogP contribution >= 0.6 is 0 Å². The summed E-state index contributed by atoms with van der Waals surface area (Å²) in [5.74, 6) is 0.788. The van der Waals surface area contributed by atoms with E-state index in [-0.39, 0.29) is 0 Å². The lowest BCUT2D eigenvalue weighted by molar-refractivity contribution is 0.270. The molecule has 1 fully saturated rings. The van der Waals surface area contributed by atoms with E-state index in [2.05, 4.69) is 36.2 Å². The maximum Gasteiger partial charge on any atom is 0.0131 e. The van der Waals surface area contributed by atoms with Gasteiger partial charge in [-0.1, -0.05) is 12.2 Å². The quantitative estimate of drug-likeness (QED) is 0.663. The highest BCUT2D eigenvalue weighted by atomic mass is 15.2. The second-order valence-corrected chi connectivity index (χ2v) is 4.12. The normalized spacial score (nSPS) is 25.1. The SMILES string of the molecule is CNC/C=C\C1CCN(C(C)C)C1. The highest BCUT2D eigenvalue weighted by molar-refractivity contribution is 4.94. The molecule has 2 heteroatoms. The van der Waals surface area contributed by atoms with Gasteiger partial charge in [-0.15, -0.1) is 0 Å². The van der Waals surface area contributed by atoms with Crippen LogP contribution in [0.25, 0.3) is 0 Å². The Morgan fingerprint density at radius 1 is 1.54 bits per heavy atom. The number of likely N-dealkylation sites (N-methyl/N-ethyl adjacent to an activating group) is 1. The minimum atomic E-state index is 0.711. The third-order valence-corrected chi connectivity index (χ3v) is 2.72. The lowest BCUT2D eigenvalue weighted by Gasteiger charge is -2.19. The Morgan fingerprint density at radius 3 is 2.85 bits per heavy atom. The van der Waals surface area contributed by atoms with Gasteiger partial charge in [-0.05, 0) is 39.8 Å². The first kappa shape index (κ1) is 10.7. The Hall–Kier alpha value is -0.340. The van der Waals surface area contributed by atoms with Gasteiger partial charge in [0.1, 0.15) is 0 Å². The molecule has 0 aliphatic carbocycles. The number of nitrogens with one attached hydrogen (secondary N) is 1. The van der Waals surface area contributed by atoms with Crippen molar-refractivity contribution in [2.45, 2.75) is 26.3 Å². The zero-order valence-electron chi connectivity index (χ0n) is 9.09. The van der Waals surface area contributed by atoms with Crippen LogP contribution in [0.3, 0.4) is 0 Å². The predicted molar refractivity (Wildman–Crippen MR) is 57.9 cm³/mol. The summed E-state index contributed by atoms with van der Waals surface area (Å²) in [5.41, 5.74) is 0. The van der Waals surface area contributed by atoms with Crippen molar-refractivity contribution >= 4 is 0 Å². The van der Waals surface area contributed by atoms with E-state index in [1.807, 2.05) is 7.05 Å². The summed E-state index contributed by atoms with van der Waals surface area (Å²) in [6.45, 7) is 8.07. The maximum absolute atomic E-state index is 3.13. The molecule has 1 aliphatic heterocycles. The molecular weight excluding hydrogens is 160 g/mol. The van der Waals surface area contributed by atoms with Crippen LogP contribution in [0, 0.1) is 5.92 Å². The van der Waals surface area contributed by atoms with Gasteiger partial charge in [0.05, 0.1) is 0 Å². The number of hydrogen-bond acceptors (Lipinski definition) is 2. The highest BCUT2D eigenvalue weighted by Crippen LogP contribution is 2.19. The van der Waals surface area contributed by atoms with Gasteiger partial charge in [0.25, 0.3) is 0 Å². The largest absolute Gasteiger partial charge is 0.316 e. The van der Waals surface area contributed by atoms with Gasteiger partial charge in [-0.2, -0.15) is 0 Å². The number of rotatable bonds is 4. The molecule has 0 amide bonds. The molecular formula is C11H22N2. The molecule has 0 aromatic rings. The van der Waals surface area contributed by atoms with E-state index in [0.717, 1.165) is 12.5 Å². The van der Waals surface area contributed by atoms with E-state index in [1.165, 1.54) is 19.5 Å². The van der Waals surface area contributed by atoms with Crippen LogP contribution < -0.4 is 5.32 Å². The topological polar surface area (TPSA) is 15.3 Å². The Balaban J connectivity index is 2.24. The lowest BCUT2D eigenvalue weighted by Crippen LogP contribution is -2.27. The second-order valence-electron chi connectivity index (χ2n) is 4.12. The molecule has 0 aromatic carbocycles. The van der Waals surface area contributed by atoms with E-state index in [0.29, 0.717) is 6.04 Å². The Morgan fingerprint density at radius 2 is 2.31 bits per heavy atom. The van der Waals surface area contributed by atoms with Crippen molar-refractivity contribution in [1.29, 1.82) is 0 Å². The molecule has 1 unspecified atom stereocenters. The van der Waals surface area contributed by atoms with E-state index >= 15 is 0 Å². The Bertz CT molecular complexity index is 163. The summed E-state index contributed by atoms with van der Waals surface area (Å²) in [6, 6.07) is 0.711. The van der Waals surface area contributed by atoms with Gasteiger partial charge < -0.3 is 10.2 Å². The summed E-state index contributed by atoms with van der Waals surface area (Å²) in [5, 5.41) is 3.13. The van der Waals surface area contributed by atoms with E-state index < -0.39 is 0 Å². The molecule has 13 heavy (non-hydrogen) atoms. The van der Waals surface area contributed by atoms with Gasteiger partial charge in [0, 0.05) is 19.1 Å². The smallest absolute Gasteiger partial charge is 0.0131 e. The third kappa shape index (κ3) is 3.49. The van der Waals surface area contributed by atoms with E-state index in [4.69, 9.17) is 0 Å². The second kappa shape index (κ2) is 5.40. The van der Waals surface area contributed by atoms with Crippen molar-refractivity contribution in [3.63, 3.8) is 0 Å². The Labute approximate surface area is 82.0 Å². The van der Waals surface area contributed by atoms with Crippen LogP contribution in [-0.4, -0.2) is 37.6 Å². The molecule has 76 valence electrons. The fourth-order valence-electron chi connectivity index (χ4n) is 1.82. The number of likely N-dealkylation sites (tertiary alicyclic amines) is 1. The minimum absolute atomic E-state index is 0.711. The molecule has 0 saturated carbocycles. The van der Waals surface area contributed by atoms with Gasteiger partial charge in [-0.25, -0.2) is 0 Å². The molecule has 1 rings (SSSR count). The predicted octanol–water partition coefficient (Wildman–Crippen LogP) is 1.49. The van der Waals surface area contributed by atoms with Crippen LogP contribution in [0.5, 0.6) is 0 Å². The van der Waals surface area contributed by atoms with Gasteiger partial charge in [0.2, 0.25) is 0 Å². The van der Waals surface area contributed by atoms with Crippen molar-refractivity contribution in [2.24, 2.45) is 5.92 Å². The zero-order chi connectivity index (χ0) is 9.68. The van der Waals surface area contributed by atoms with Crippen molar-refractivity contribution in [1.82, 2.24) is 10.2 Å². The monoisotopic (exact) mass is 182 g/mol. The molecule has 1 heterocycles. The summed E-state index contributed by atoms with van der Waals surface area (Å²) < 4.78 is 0. The molecule has 0 radical (unpaired) electrons. The third-order valence-electron chi connectivity index (χ3n) is 2.72. The first-order valence-corrected chi connectivity index (χ1v) is 5.29. The first-order valence-electron chi connectivity index (χ1n) is 5.29. The lowest BCUT2D eigenvalue weighted by atomic mass is 10.1. The zero-order valence-corrected chi connectivity index (χ0v) is 9.09. The van der Waals surface area contributed by atoms with Crippen LogP contribution in [0.1, 0.15) is 20.3 Å². The van der Waals surface area contributed by atoms with Crippen LogP contribution in [0.2, 0.25) is 0 Å². The van der Waals surface area contributed by atoms with Gasteiger partial charge in [0.15, 0.2) is 0 Å². The fourth-order valence-corrected chi connectivity index (χ4v) is 1.82. The standard InChI is InChI=1S/C11H22N2/c1-10(2)13-8-6-11(9-13)5-4-7-12-3/h4-5,10-12H,6-9H2,1-3H3/b5-4-. The van der Waals surface area contributed by atoms with Crippen LogP contribution in [0.4, 0.5) is 0 Å². The molecule has 0 spiro atoms. The van der Waals surface area contributed by atoms with Crippen LogP contribution in [0.15, 0.2) is 12.2 Å². The van der Waals surface area contributed by atoms with E-state index in [1.54, 1.807) is 0 Å². The number of nitrogens with zero attached hydrogens (tertiary/aromatic N) is 1. The molecule has 2 nitrogen and oxygen atoms in total. The first-order chi connectivity index (χ1) is 6.24. The summed E-state index contributed by atoms with van der Waals surface area (Å²) in [4.78, 5) is 2.55. The highest BCUT2D eigenvalue weighted by Gasteiger charge is 2.21. The van der Waals surface area contributed by atoms with Crippen LogP contribution in [-0.2, 0) is 0 Å². The van der Waals surface area contributed by atoms with Crippen molar-refractivity contribution in [3.05, 3.63) is 12.2 Å². The van der Waals surface area contributed by atoms with E-state index in [9.17, 15) is 0 Å². The molecule has 1 atom stereocenters. The number of hydrogen-bond donors (Lipinski definition) is 1. The van der Waals surface area contributed by atoms with Gasteiger partial charge >= 0.3 is 0 Å². The van der Waals surface area contributed by atoms with Gasteiger partial charge in [-0.3, -0.25) is 0 Å². The van der Waals surface area contributed by atoms with Crippen molar-refractivity contribution in [3.8, 4) is 0 Å². The molecule has 1 N–H and O–H groups in total. The summed E-state index contributed by atoms with van der Waals surface area (Å²) in [6.07, 6.45) is 5.94. The fraction of sp³-hybridized carbons (Fsp3) is 0.818. The molecule has 0 bridgehead atoms. The minimum Gasteiger partial charge on any atom is -0.316 e. The average molecular weight is 182 g/mol. The maximum atomic E-state index is 3.13. The molecule has 1 aliphatic rings. The Kier molecular flexibility index (Phi) is 4.46. The average Bonchev–Trinajstić information content (AvgIpc) is 2.53. The molecule has 1 saturated heterocycles. The molecule has 0 aromatic heterocycles. The van der Waals surface area contributed by atoms with Crippen molar-refractivity contribution in [2.75, 3.05) is 26.7 Å². The summed E-state index contributed by atoms with van der Waals surface area (Å²) >= 11 is 0.